The minimum absolute atomic E-state index is 0. The first-order valence-electron chi connectivity index (χ1n) is 12.8. The van der Waals surface area contributed by atoms with Crippen LogP contribution in [0.1, 0.15) is 95.5 Å². The molecule has 0 amide bonds. The zero-order valence-corrected chi connectivity index (χ0v) is 32.4. The third kappa shape index (κ3) is 20.6. The van der Waals surface area contributed by atoms with Crippen LogP contribution in [0.5, 0.6) is 11.5 Å². The fourth-order valence-electron chi connectivity index (χ4n) is 2.42. The summed E-state index contributed by atoms with van der Waals surface area (Å²) in [5.74, 6) is 1.26. The minimum atomic E-state index is -0.402. The zero-order chi connectivity index (χ0) is 36.7. The molecule has 0 atom stereocenters. The standard InChI is InChI=1S/C15H19NO2.C14H19BrO2.2CN.2CO2.Zn/c1-14(2,3)15(4,5)18-13-7-11(9-16)6-12(8-13)10-17;1-13(2,3)14(4,5)17-12-7-10(9-16)6-11(15)8-12;2*1-2;2*2-1-3;/h6-8,10H,1-5H3;6-9H,1-5H3;;;;;/q;;2*-1;;;+2. The Kier molecular flexibility index (Phi) is 27.8. The fourth-order valence-corrected chi connectivity index (χ4v) is 2.91. The van der Waals surface area contributed by atoms with Crippen LogP contribution in [0.25, 0.3) is 0 Å². The summed E-state index contributed by atoms with van der Waals surface area (Å²) in [4.78, 5) is 54.1. The fraction of sp³-hybridized carbons (Fsp3) is 0.424. The van der Waals surface area contributed by atoms with Crippen molar-refractivity contribution in [1.82, 2.24) is 0 Å². The predicted octanol–water partition coefficient (Wildman–Crippen LogP) is 7.06. The second-order valence-corrected chi connectivity index (χ2v) is 12.7. The van der Waals surface area contributed by atoms with Gasteiger partial charge in [-0.2, -0.15) is 24.4 Å². The molecular weight excluding hydrogens is 712 g/mol. The summed E-state index contributed by atoms with van der Waals surface area (Å²) in [6, 6.07) is 12.3. The van der Waals surface area contributed by atoms with Gasteiger partial charge in [0, 0.05) is 26.4 Å². The molecule has 0 aliphatic heterocycles. The van der Waals surface area contributed by atoms with Crippen molar-refractivity contribution in [2.24, 2.45) is 10.8 Å². The Morgan fingerprint density at radius 1 is 0.630 bits per heavy atom. The number of nitrogens with zero attached hydrogens (tertiary/aromatic N) is 3. The summed E-state index contributed by atoms with van der Waals surface area (Å²) in [6.45, 7) is 30.2. The maximum absolute atomic E-state index is 10.8. The van der Waals surface area contributed by atoms with E-state index in [4.69, 9.17) is 57.6 Å². The Balaban J connectivity index is -0.000000187. The summed E-state index contributed by atoms with van der Waals surface area (Å²) in [5.41, 5.74) is 0.732. The average Bonchev–Trinajstić information content (AvgIpc) is 2.94. The number of hydrogen-bond donors (Lipinski definition) is 0. The molecule has 13 heteroatoms. The molecule has 0 aliphatic carbocycles. The van der Waals surface area contributed by atoms with Crippen LogP contribution >= 0.6 is 15.9 Å². The molecular formula is C33H38BrN3O8Zn. The third-order valence-electron chi connectivity index (χ3n) is 6.58. The summed E-state index contributed by atoms with van der Waals surface area (Å²) in [7, 11) is 0. The van der Waals surface area contributed by atoms with Crippen LogP contribution in [-0.4, -0.2) is 36.1 Å². The maximum atomic E-state index is 10.8. The van der Waals surface area contributed by atoms with E-state index in [0.717, 1.165) is 17.0 Å². The number of carbonyl (C=O) groups is 2. The molecule has 0 aliphatic rings. The van der Waals surface area contributed by atoms with Crippen molar-refractivity contribution in [1.29, 1.82) is 15.8 Å². The zero-order valence-electron chi connectivity index (χ0n) is 27.8. The first-order valence-corrected chi connectivity index (χ1v) is 13.5. The number of hydrogen-bond acceptors (Lipinski definition) is 11. The first-order chi connectivity index (χ1) is 20.7. The number of ether oxygens (including phenoxy) is 2. The SMILES string of the molecule is CC(C)(C)C(C)(C)Oc1cc(Br)cc(C=O)c1.CC(C)(C)C(C)(C)Oc1cc(C#N)cc(C=O)c1.O=C=O.O=C=O.[C-]#N.[C-]#N.[Zn+2]. The van der Waals surface area contributed by atoms with Crippen LogP contribution in [0.2, 0.25) is 0 Å². The van der Waals surface area contributed by atoms with E-state index in [1.54, 1.807) is 30.3 Å². The molecule has 0 saturated heterocycles. The number of nitriles is 1. The quantitative estimate of drug-likeness (QED) is 0.167. The second-order valence-electron chi connectivity index (χ2n) is 11.7. The molecule has 0 unspecified atom stereocenters. The molecule has 0 N–H and O–H groups in total. The van der Waals surface area contributed by atoms with E-state index in [1.165, 1.54) is 0 Å². The predicted molar refractivity (Wildman–Crippen MR) is 164 cm³/mol. The van der Waals surface area contributed by atoms with E-state index in [-0.39, 0.29) is 48.2 Å². The Morgan fingerprint density at radius 2 is 0.935 bits per heavy atom. The largest absolute Gasteiger partial charge is 2.00 e. The molecule has 0 saturated carbocycles. The number of carbonyl (C=O) groups excluding carboxylic acids is 6. The molecule has 242 valence electrons. The van der Waals surface area contributed by atoms with Gasteiger partial charge in [0.1, 0.15) is 35.3 Å². The smallest absolute Gasteiger partial charge is 0.512 e. The normalized spacial score (nSPS) is 9.61. The Labute approximate surface area is 292 Å². The van der Waals surface area contributed by atoms with E-state index >= 15 is 0 Å². The van der Waals surface area contributed by atoms with Crippen LogP contribution in [0.3, 0.4) is 0 Å². The number of rotatable bonds is 6. The molecule has 0 radical (unpaired) electrons. The van der Waals surface area contributed by atoms with Crippen LogP contribution < -0.4 is 9.47 Å². The summed E-state index contributed by atoms with van der Waals surface area (Å²) in [6.07, 6.45) is 2.04. The van der Waals surface area contributed by atoms with Gasteiger partial charge in [-0.1, -0.05) is 57.5 Å². The number of halogens is 1. The van der Waals surface area contributed by atoms with Crippen molar-refractivity contribution in [3.63, 3.8) is 0 Å². The van der Waals surface area contributed by atoms with Gasteiger partial charge in [-0.3, -0.25) is 9.59 Å². The van der Waals surface area contributed by atoms with Crippen molar-refractivity contribution in [3.8, 4) is 17.6 Å². The molecule has 46 heavy (non-hydrogen) atoms. The molecule has 0 bridgehead atoms. The van der Waals surface area contributed by atoms with Crippen molar-refractivity contribution in [3.05, 3.63) is 70.7 Å². The molecule has 0 aromatic heterocycles. The van der Waals surface area contributed by atoms with E-state index in [9.17, 15) is 9.59 Å². The Hall–Kier alpha value is -4.29. The van der Waals surface area contributed by atoms with E-state index in [0.29, 0.717) is 28.2 Å². The minimum Gasteiger partial charge on any atom is -0.512 e. The van der Waals surface area contributed by atoms with Gasteiger partial charge in [-0.05, 0) is 64.1 Å². The summed E-state index contributed by atoms with van der Waals surface area (Å²) < 4.78 is 12.8. The molecule has 11 nitrogen and oxygen atoms in total. The molecule has 0 fully saturated rings. The molecule has 2 rings (SSSR count). The van der Waals surface area contributed by atoms with Gasteiger partial charge in [0.25, 0.3) is 0 Å². The Bertz CT molecular complexity index is 1350. The monoisotopic (exact) mass is 747 g/mol. The van der Waals surface area contributed by atoms with Gasteiger partial charge in [0.15, 0.2) is 0 Å². The summed E-state index contributed by atoms with van der Waals surface area (Å²) >= 11 is 3.37. The van der Waals surface area contributed by atoms with Gasteiger partial charge in [0.05, 0.1) is 11.6 Å². The van der Waals surface area contributed by atoms with Gasteiger partial charge < -0.3 is 33.1 Å². The van der Waals surface area contributed by atoms with E-state index in [1.807, 2.05) is 26.0 Å². The topological polar surface area (TPSA) is 192 Å². The van der Waals surface area contributed by atoms with Gasteiger partial charge in [-0.25, -0.2) is 0 Å². The Morgan fingerprint density at radius 3 is 1.22 bits per heavy atom. The van der Waals surface area contributed by atoms with Gasteiger partial charge in [0.2, 0.25) is 0 Å². The van der Waals surface area contributed by atoms with Crippen LogP contribution in [-0.2, 0) is 38.7 Å². The van der Waals surface area contributed by atoms with Crippen LogP contribution in [0, 0.1) is 45.8 Å². The second kappa shape index (κ2) is 25.0. The van der Waals surface area contributed by atoms with Crippen LogP contribution in [0.15, 0.2) is 40.9 Å². The van der Waals surface area contributed by atoms with Gasteiger partial charge >= 0.3 is 31.8 Å². The summed E-state index contributed by atoms with van der Waals surface area (Å²) in [5, 5.41) is 21.4. The number of benzene rings is 2. The molecule has 2 aromatic rings. The van der Waals surface area contributed by atoms with Crippen molar-refractivity contribution in [2.75, 3.05) is 0 Å². The van der Waals surface area contributed by atoms with E-state index < -0.39 is 5.60 Å². The van der Waals surface area contributed by atoms with Crippen molar-refractivity contribution in [2.45, 2.75) is 80.4 Å². The van der Waals surface area contributed by atoms with Crippen molar-refractivity contribution < 1.29 is 57.7 Å². The van der Waals surface area contributed by atoms with Crippen molar-refractivity contribution >= 4 is 40.8 Å². The molecule has 2 aromatic carbocycles. The van der Waals surface area contributed by atoms with Crippen LogP contribution in [0.4, 0.5) is 0 Å². The third-order valence-corrected chi connectivity index (χ3v) is 7.04. The van der Waals surface area contributed by atoms with Gasteiger partial charge in [-0.15, -0.1) is 0 Å². The molecule has 0 spiro atoms. The molecule has 0 heterocycles. The first kappa shape index (κ1) is 51.3. The maximum Gasteiger partial charge on any atom is 2.00 e. The van der Waals surface area contributed by atoms with E-state index in [2.05, 4.69) is 71.3 Å². The average molecular weight is 750 g/mol. The number of aldehydes is 2.